The second-order valence-electron chi connectivity index (χ2n) is 5.90. The number of likely N-dealkylation sites (tertiary alicyclic amines) is 1. The lowest BCUT2D eigenvalue weighted by molar-refractivity contribution is -0.131. The molecule has 0 unspecified atom stereocenters. The summed E-state index contributed by atoms with van der Waals surface area (Å²) in [6.45, 7) is 3.34. The minimum absolute atomic E-state index is 0.106. The molecule has 0 aromatic heterocycles. The van der Waals surface area contributed by atoms with Gasteiger partial charge in [-0.1, -0.05) is 19.8 Å². The van der Waals surface area contributed by atoms with Crippen LogP contribution in [-0.2, 0) is 14.8 Å². The maximum atomic E-state index is 12.8. The zero-order valence-corrected chi connectivity index (χ0v) is 15.2. The van der Waals surface area contributed by atoms with Gasteiger partial charge >= 0.3 is 0 Å². The highest BCUT2D eigenvalue weighted by Gasteiger charge is 2.27. The van der Waals surface area contributed by atoms with Crippen LogP contribution in [0, 0.1) is 0 Å². The van der Waals surface area contributed by atoms with E-state index in [0.717, 1.165) is 38.8 Å². The zero-order valence-electron chi connectivity index (χ0n) is 14.4. The van der Waals surface area contributed by atoms with Crippen LogP contribution in [0.1, 0.15) is 32.6 Å². The maximum Gasteiger partial charge on any atom is 0.243 e. The number of nitrogens with zero attached hydrogens (tertiary/aromatic N) is 2. The van der Waals surface area contributed by atoms with Gasteiger partial charge in [0, 0.05) is 19.6 Å². The number of likely N-dealkylation sites (N-methyl/N-ethyl adjacent to an activating group) is 1. The van der Waals surface area contributed by atoms with Crippen molar-refractivity contribution in [1.82, 2.24) is 9.21 Å². The van der Waals surface area contributed by atoms with Gasteiger partial charge in [-0.15, -0.1) is 0 Å². The third kappa shape index (κ3) is 4.48. The Kier molecular flexibility index (Phi) is 6.62. The SMILES string of the molecule is CCN(CC(=O)N1CCCCCC1)S(=O)(=O)c1ccc(OC)cc1. The fourth-order valence-electron chi connectivity index (χ4n) is 2.83. The molecule has 1 heterocycles. The molecule has 0 radical (unpaired) electrons. The van der Waals surface area contributed by atoms with Gasteiger partial charge in [-0.3, -0.25) is 4.79 Å². The van der Waals surface area contributed by atoms with E-state index in [1.807, 2.05) is 0 Å². The Labute approximate surface area is 144 Å². The summed E-state index contributed by atoms with van der Waals surface area (Å²) in [6.07, 6.45) is 4.24. The molecule has 0 saturated carbocycles. The van der Waals surface area contributed by atoms with Crippen LogP contribution in [-0.4, -0.2) is 56.8 Å². The molecule has 0 atom stereocenters. The highest BCUT2D eigenvalue weighted by Crippen LogP contribution is 2.20. The maximum absolute atomic E-state index is 12.8. The second-order valence-corrected chi connectivity index (χ2v) is 7.84. The average molecular weight is 354 g/mol. The predicted molar refractivity (Wildman–Crippen MR) is 92.5 cm³/mol. The number of ether oxygens (including phenoxy) is 1. The minimum atomic E-state index is -3.69. The first-order chi connectivity index (χ1) is 11.5. The summed E-state index contributed by atoms with van der Waals surface area (Å²) in [7, 11) is -2.16. The monoisotopic (exact) mass is 354 g/mol. The van der Waals surface area contributed by atoms with Crippen LogP contribution < -0.4 is 4.74 Å². The van der Waals surface area contributed by atoms with Gasteiger partial charge in [0.1, 0.15) is 5.75 Å². The fraction of sp³-hybridized carbons (Fsp3) is 0.588. The van der Waals surface area contributed by atoms with E-state index in [1.54, 1.807) is 24.0 Å². The van der Waals surface area contributed by atoms with Crippen LogP contribution in [0.4, 0.5) is 0 Å². The summed E-state index contributed by atoms with van der Waals surface area (Å²) in [5.74, 6) is 0.480. The number of methoxy groups -OCH3 is 1. The zero-order chi connectivity index (χ0) is 17.6. The Morgan fingerprint density at radius 3 is 2.21 bits per heavy atom. The van der Waals surface area contributed by atoms with Crippen molar-refractivity contribution in [2.24, 2.45) is 0 Å². The number of carbonyl (C=O) groups is 1. The average Bonchev–Trinajstić information content (AvgIpc) is 2.88. The van der Waals surface area contributed by atoms with Crippen LogP contribution in [0.2, 0.25) is 0 Å². The molecular weight excluding hydrogens is 328 g/mol. The Balaban J connectivity index is 2.11. The molecule has 1 amide bonds. The van der Waals surface area contributed by atoms with E-state index in [4.69, 9.17) is 4.74 Å². The molecule has 1 aromatic rings. The molecule has 0 spiro atoms. The van der Waals surface area contributed by atoms with Crippen molar-refractivity contribution < 1.29 is 17.9 Å². The van der Waals surface area contributed by atoms with Crippen LogP contribution in [0.15, 0.2) is 29.2 Å². The molecule has 134 valence electrons. The van der Waals surface area contributed by atoms with Gasteiger partial charge in [0.05, 0.1) is 18.6 Å². The van der Waals surface area contributed by atoms with Crippen molar-refractivity contribution in [2.45, 2.75) is 37.5 Å². The van der Waals surface area contributed by atoms with Crippen molar-refractivity contribution >= 4 is 15.9 Å². The van der Waals surface area contributed by atoms with Crippen LogP contribution in [0.3, 0.4) is 0 Å². The third-order valence-corrected chi connectivity index (χ3v) is 6.26. The van der Waals surface area contributed by atoms with E-state index >= 15 is 0 Å². The number of rotatable bonds is 6. The normalized spacial score (nSPS) is 16.0. The highest BCUT2D eigenvalue weighted by atomic mass is 32.2. The van der Waals surface area contributed by atoms with Gasteiger partial charge in [0.15, 0.2) is 0 Å². The third-order valence-electron chi connectivity index (χ3n) is 4.32. The Morgan fingerprint density at radius 2 is 1.71 bits per heavy atom. The molecule has 7 heteroatoms. The first kappa shape index (κ1) is 18.7. The van der Waals surface area contributed by atoms with E-state index in [1.165, 1.54) is 23.5 Å². The summed E-state index contributed by atoms with van der Waals surface area (Å²) in [5.41, 5.74) is 0. The molecule has 2 rings (SSSR count). The van der Waals surface area contributed by atoms with E-state index < -0.39 is 10.0 Å². The van der Waals surface area contributed by atoms with Crippen LogP contribution in [0.5, 0.6) is 5.75 Å². The van der Waals surface area contributed by atoms with Gasteiger partial charge in [0.25, 0.3) is 0 Å². The standard InChI is InChI=1S/C17H26N2O4S/c1-3-19(14-17(20)18-12-6-4-5-7-13-18)24(21,22)16-10-8-15(23-2)9-11-16/h8-11H,3-7,12-14H2,1-2H3. The van der Waals surface area contributed by atoms with E-state index in [2.05, 4.69) is 0 Å². The van der Waals surface area contributed by atoms with E-state index in [0.29, 0.717) is 5.75 Å². The lowest BCUT2D eigenvalue weighted by Gasteiger charge is -2.25. The molecule has 1 saturated heterocycles. The first-order valence-corrected chi connectivity index (χ1v) is 9.85. The van der Waals surface area contributed by atoms with Crippen molar-refractivity contribution in [1.29, 1.82) is 0 Å². The molecule has 0 aliphatic carbocycles. The van der Waals surface area contributed by atoms with Crippen molar-refractivity contribution in [2.75, 3.05) is 33.3 Å². The van der Waals surface area contributed by atoms with Gasteiger partial charge < -0.3 is 9.64 Å². The Hall–Kier alpha value is -1.60. The second kappa shape index (κ2) is 8.48. The number of hydrogen-bond donors (Lipinski definition) is 0. The number of carbonyl (C=O) groups excluding carboxylic acids is 1. The summed E-state index contributed by atoms with van der Waals surface area (Å²) in [5, 5.41) is 0. The molecule has 1 aliphatic rings. The first-order valence-electron chi connectivity index (χ1n) is 8.41. The molecule has 0 N–H and O–H groups in total. The summed E-state index contributed by atoms with van der Waals surface area (Å²) < 4.78 is 31.8. The minimum Gasteiger partial charge on any atom is -0.497 e. The van der Waals surface area contributed by atoms with Gasteiger partial charge in [0.2, 0.25) is 15.9 Å². The van der Waals surface area contributed by atoms with Crippen LogP contribution in [0.25, 0.3) is 0 Å². The molecule has 1 aliphatic heterocycles. The summed E-state index contributed by atoms with van der Waals surface area (Å²) >= 11 is 0. The number of hydrogen-bond acceptors (Lipinski definition) is 4. The van der Waals surface area contributed by atoms with Crippen molar-refractivity contribution in [3.05, 3.63) is 24.3 Å². The van der Waals surface area contributed by atoms with E-state index in [-0.39, 0.29) is 23.9 Å². The van der Waals surface area contributed by atoms with Crippen molar-refractivity contribution in [3.8, 4) is 5.75 Å². The lowest BCUT2D eigenvalue weighted by atomic mass is 10.2. The van der Waals surface area contributed by atoms with Crippen molar-refractivity contribution in [3.63, 3.8) is 0 Å². The molecule has 1 fully saturated rings. The number of amides is 1. The Bertz CT molecular complexity index is 635. The van der Waals surface area contributed by atoms with Gasteiger partial charge in [-0.05, 0) is 37.1 Å². The summed E-state index contributed by atoms with van der Waals surface area (Å²) in [4.78, 5) is 14.5. The smallest absolute Gasteiger partial charge is 0.243 e. The quantitative estimate of drug-likeness (QED) is 0.785. The summed E-state index contributed by atoms with van der Waals surface area (Å²) in [6, 6.07) is 6.23. The van der Waals surface area contributed by atoms with Gasteiger partial charge in [-0.25, -0.2) is 8.42 Å². The lowest BCUT2D eigenvalue weighted by Crippen LogP contribution is -2.43. The molecular formula is C17H26N2O4S. The predicted octanol–water partition coefficient (Wildman–Crippen LogP) is 2.11. The Morgan fingerprint density at radius 1 is 1.12 bits per heavy atom. The number of sulfonamides is 1. The van der Waals surface area contributed by atoms with E-state index in [9.17, 15) is 13.2 Å². The number of benzene rings is 1. The molecule has 1 aromatic carbocycles. The molecule has 0 bridgehead atoms. The fourth-order valence-corrected chi connectivity index (χ4v) is 4.23. The largest absolute Gasteiger partial charge is 0.497 e. The molecule has 6 nitrogen and oxygen atoms in total. The van der Waals surface area contributed by atoms with Gasteiger partial charge in [-0.2, -0.15) is 4.31 Å². The van der Waals surface area contributed by atoms with Crippen LogP contribution >= 0.6 is 0 Å². The topological polar surface area (TPSA) is 66.9 Å². The molecule has 24 heavy (non-hydrogen) atoms. The highest BCUT2D eigenvalue weighted by molar-refractivity contribution is 7.89.